The summed E-state index contributed by atoms with van der Waals surface area (Å²) in [5.41, 5.74) is 4.48. The second-order valence-corrected chi connectivity index (χ2v) is 9.30. The van der Waals surface area contributed by atoms with Crippen LogP contribution in [0.2, 0.25) is 0 Å². The third-order valence-electron chi connectivity index (χ3n) is 6.02. The van der Waals surface area contributed by atoms with Crippen LogP contribution < -0.4 is 5.32 Å². The van der Waals surface area contributed by atoms with E-state index in [1.165, 1.54) is 11.8 Å². The molecule has 0 bridgehead atoms. The number of amides is 1. The van der Waals surface area contributed by atoms with Crippen molar-refractivity contribution in [2.75, 3.05) is 6.61 Å². The van der Waals surface area contributed by atoms with E-state index in [0.29, 0.717) is 17.8 Å². The van der Waals surface area contributed by atoms with Crippen LogP contribution in [0.25, 0.3) is 5.70 Å². The molecule has 8 heteroatoms. The van der Waals surface area contributed by atoms with Gasteiger partial charge in [0.05, 0.1) is 30.3 Å². The van der Waals surface area contributed by atoms with Crippen molar-refractivity contribution in [1.29, 1.82) is 0 Å². The molecule has 37 heavy (non-hydrogen) atoms. The summed E-state index contributed by atoms with van der Waals surface area (Å²) in [6, 6.07) is 22.7. The predicted molar refractivity (Wildman–Crippen MR) is 145 cm³/mol. The minimum absolute atomic E-state index is 0.126. The van der Waals surface area contributed by atoms with Crippen LogP contribution in [0.1, 0.15) is 36.1 Å². The van der Waals surface area contributed by atoms with Crippen LogP contribution in [0, 0.1) is 0 Å². The molecule has 0 aliphatic carbocycles. The molecule has 1 atom stereocenters. The maximum atomic E-state index is 13.5. The monoisotopic (exact) mass is 510 g/mol. The molecule has 2 aliphatic rings. The maximum Gasteiger partial charge on any atom is 0.338 e. The van der Waals surface area contributed by atoms with Crippen molar-refractivity contribution in [3.63, 3.8) is 0 Å². The number of rotatable bonds is 8. The van der Waals surface area contributed by atoms with Gasteiger partial charge in [-0.2, -0.15) is 0 Å². The molecule has 0 saturated carbocycles. The van der Waals surface area contributed by atoms with Crippen molar-refractivity contribution < 1.29 is 14.3 Å². The number of carbonyl (C=O) groups is 2. The molecular formula is C29H26N4O3S. The van der Waals surface area contributed by atoms with Gasteiger partial charge in [0.15, 0.2) is 5.17 Å². The number of aliphatic imine (C=N–C) groups is 1. The van der Waals surface area contributed by atoms with Gasteiger partial charge in [-0.1, -0.05) is 78.5 Å². The molecule has 0 saturated heterocycles. The minimum Gasteiger partial charge on any atom is -0.463 e. The van der Waals surface area contributed by atoms with Crippen LogP contribution in [-0.2, 0) is 20.9 Å². The lowest BCUT2D eigenvalue weighted by Gasteiger charge is -2.36. The van der Waals surface area contributed by atoms with Gasteiger partial charge in [0.25, 0.3) is 0 Å². The molecule has 2 aromatic carbocycles. The van der Waals surface area contributed by atoms with Gasteiger partial charge in [-0.05, 0) is 29.5 Å². The maximum absolute atomic E-state index is 13.5. The number of ether oxygens (including phenoxy) is 1. The first kappa shape index (κ1) is 24.5. The molecular weight excluding hydrogens is 484 g/mol. The van der Waals surface area contributed by atoms with Gasteiger partial charge in [0.1, 0.15) is 0 Å². The Balaban J connectivity index is 1.51. The van der Waals surface area contributed by atoms with Crippen molar-refractivity contribution in [2.45, 2.75) is 25.9 Å². The van der Waals surface area contributed by atoms with Crippen molar-refractivity contribution in [3.8, 4) is 0 Å². The number of nitrogens with zero attached hydrogens (tertiary/aromatic N) is 3. The number of benzene rings is 2. The van der Waals surface area contributed by atoms with Gasteiger partial charge in [-0.3, -0.25) is 9.78 Å². The number of carbonyl (C=O) groups excluding carboxylic acids is 2. The summed E-state index contributed by atoms with van der Waals surface area (Å²) >= 11 is 1.45. The van der Waals surface area contributed by atoms with E-state index in [2.05, 4.69) is 10.3 Å². The number of pyridine rings is 1. The second kappa shape index (κ2) is 11.3. The van der Waals surface area contributed by atoms with Crippen LogP contribution >= 0.6 is 11.8 Å². The number of hydrogen-bond acceptors (Lipinski definition) is 7. The zero-order chi connectivity index (χ0) is 25.6. The summed E-state index contributed by atoms with van der Waals surface area (Å²) in [4.78, 5) is 37.4. The Morgan fingerprint density at radius 2 is 1.78 bits per heavy atom. The van der Waals surface area contributed by atoms with Crippen LogP contribution in [0.5, 0.6) is 0 Å². The Bertz CT molecular complexity index is 1370. The Hall–Kier alpha value is -4.17. The Labute approximate surface area is 220 Å². The number of fused-ring (bicyclic) bond motifs is 1. The van der Waals surface area contributed by atoms with E-state index in [4.69, 9.17) is 9.73 Å². The van der Waals surface area contributed by atoms with Crippen LogP contribution in [0.4, 0.5) is 0 Å². The zero-order valence-corrected chi connectivity index (χ0v) is 21.2. The van der Waals surface area contributed by atoms with Crippen molar-refractivity contribution in [1.82, 2.24) is 15.2 Å². The van der Waals surface area contributed by atoms with Crippen molar-refractivity contribution in [3.05, 3.63) is 119 Å². The third kappa shape index (κ3) is 5.34. The lowest BCUT2D eigenvalue weighted by Crippen LogP contribution is -2.38. The molecule has 3 heterocycles. The molecule has 1 amide bonds. The number of nitrogens with one attached hydrogen (secondary N) is 1. The molecule has 0 radical (unpaired) electrons. The standard InChI is InChI=1S/C29H26N4O3S/c1-2-36-28(35)25-26(21-11-5-3-6-12-21)32-29-33(27(25)22-13-7-4-8-14-22)23(19-37-29)16-24(34)31-18-20-10-9-15-30-17-20/h3-15,17,19,27H,2,16,18H2,1H3,(H,31,34). The predicted octanol–water partition coefficient (Wildman–Crippen LogP) is 5.06. The van der Waals surface area contributed by atoms with Gasteiger partial charge in [-0.25, -0.2) is 9.79 Å². The van der Waals surface area contributed by atoms with Crippen molar-refractivity contribution in [2.24, 2.45) is 4.99 Å². The van der Waals surface area contributed by atoms with Crippen LogP contribution in [-0.4, -0.2) is 33.5 Å². The smallest absolute Gasteiger partial charge is 0.338 e. The number of esters is 1. The first-order valence-corrected chi connectivity index (χ1v) is 12.9. The van der Waals surface area contributed by atoms with E-state index in [0.717, 1.165) is 27.6 Å². The molecule has 2 aliphatic heterocycles. The number of amidine groups is 1. The highest BCUT2D eigenvalue weighted by Gasteiger charge is 2.42. The summed E-state index contributed by atoms with van der Waals surface area (Å²) in [5, 5.41) is 5.62. The summed E-state index contributed by atoms with van der Waals surface area (Å²) in [6.45, 7) is 2.43. The normalized spacial score (nSPS) is 16.6. The van der Waals surface area contributed by atoms with E-state index >= 15 is 0 Å². The SMILES string of the molecule is CCOC(=O)C1=C(c2ccccc2)N=C2SC=C(CC(=O)NCc3cccnc3)N2C1c1ccccc1. The van der Waals surface area contributed by atoms with Gasteiger partial charge in [0, 0.05) is 30.2 Å². The lowest BCUT2D eigenvalue weighted by atomic mass is 9.91. The topological polar surface area (TPSA) is 83.9 Å². The fraction of sp³-hybridized carbons (Fsp3) is 0.172. The average Bonchev–Trinajstić information content (AvgIpc) is 3.34. The van der Waals surface area contributed by atoms with E-state index < -0.39 is 12.0 Å². The lowest BCUT2D eigenvalue weighted by molar-refractivity contribution is -0.139. The zero-order valence-electron chi connectivity index (χ0n) is 20.3. The molecule has 7 nitrogen and oxygen atoms in total. The molecule has 0 fully saturated rings. The first-order valence-electron chi connectivity index (χ1n) is 12.1. The minimum atomic E-state index is -0.490. The Morgan fingerprint density at radius 1 is 1.03 bits per heavy atom. The van der Waals surface area contributed by atoms with Gasteiger partial charge in [0.2, 0.25) is 5.91 Å². The molecule has 5 rings (SSSR count). The summed E-state index contributed by atoms with van der Waals surface area (Å²) < 4.78 is 5.53. The summed E-state index contributed by atoms with van der Waals surface area (Å²) in [6.07, 6.45) is 3.57. The van der Waals surface area contributed by atoms with Crippen LogP contribution in [0.3, 0.4) is 0 Å². The van der Waals surface area contributed by atoms with Crippen molar-refractivity contribution >= 4 is 34.5 Å². The molecule has 1 unspecified atom stereocenters. The van der Waals surface area contributed by atoms with E-state index in [9.17, 15) is 9.59 Å². The highest BCUT2D eigenvalue weighted by Crippen LogP contribution is 2.46. The molecule has 3 aromatic rings. The van der Waals surface area contributed by atoms with E-state index in [1.54, 1.807) is 19.3 Å². The highest BCUT2D eigenvalue weighted by molar-refractivity contribution is 8.16. The molecule has 0 spiro atoms. The number of aromatic nitrogens is 1. The quantitative estimate of drug-likeness (QED) is 0.427. The largest absolute Gasteiger partial charge is 0.463 e. The van der Waals surface area contributed by atoms with Gasteiger partial charge in [-0.15, -0.1) is 0 Å². The Morgan fingerprint density at radius 3 is 2.49 bits per heavy atom. The molecule has 1 aromatic heterocycles. The number of hydrogen-bond donors (Lipinski definition) is 1. The fourth-order valence-corrected chi connectivity index (χ4v) is 5.29. The molecule has 186 valence electrons. The van der Waals surface area contributed by atoms with Gasteiger partial charge < -0.3 is 15.0 Å². The van der Waals surface area contributed by atoms with E-state index in [1.807, 2.05) is 83.1 Å². The first-order chi connectivity index (χ1) is 18.2. The number of thioether (sulfide) groups is 1. The second-order valence-electron chi connectivity index (χ2n) is 8.47. The van der Waals surface area contributed by atoms with E-state index in [-0.39, 0.29) is 18.9 Å². The third-order valence-corrected chi connectivity index (χ3v) is 6.91. The Kier molecular flexibility index (Phi) is 7.46. The van der Waals surface area contributed by atoms with Crippen LogP contribution in [0.15, 0.2) is 107 Å². The molecule has 1 N–H and O–H groups in total. The summed E-state index contributed by atoms with van der Waals surface area (Å²) in [7, 11) is 0. The fourth-order valence-electron chi connectivity index (χ4n) is 4.37. The van der Waals surface area contributed by atoms with Gasteiger partial charge >= 0.3 is 5.97 Å². The summed E-state index contributed by atoms with van der Waals surface area (Å²) in [5.74, 6) is -0.547. The highest BCUT2D eigenvalue weighted by atomic mass is 32.2. The average molecular weight is 511 g/mol.